The number of imidazole rings is 1. The Morgan fingerprint density at radius 1 is 1.21 bits per heavy atom. The highest BCUT2D eigenvalue weighted by Crippen LogP contribution is 2.31. The monoisotopic (exact) mass is 326 g/mol. The van der Waals surface area contributed by atoms with Crippen LogP contribution in [0.5, 0.6) is 0 Å². The zero-order valence-electron chi connectivity index (χ0n) is 14.4. The summed E-state index contributed by atoms with van der Waals surface area (Å²) in [5, 5.41) is 0. The van der Waals surface area contributed by atoms with E-state index in [9.17, 15) is 4.79 Å². The molecule has 0 N–H and O–H groups in total. The molecule has 2 aliphatic rings. The lowest BCUT2D eigenvalue weighted by molar-refractivity contribution is -0.132. The molecule has 0 aromatic carbocycles. The van der Waals surface area contributed by atoms with Gasteiger partial charge >= 0.3 is 0 Å². The maximum absolute atomic E-state index is 12.3. The van der Waals surface area contributed by atoms with Crippen LogP contribution in [0.4, 0.5) is 0 Å². The van der Waals surface area contributed by atoms with Gasteiger partial charge in [-0.05, 0) is 44.4 Å². The van der Waals surface area contributed by atoms with E-state index in [2.05, 4.69) is 20.4 Å². The smallest absolute Gasteiger partial charge is 0.222 e. The van der Waals surface area contributed by atoms with Gasteiger partial charge in [0.15, 0.2) is 0 Å². The van der Waals surface area contributed by atoms with Gasteiger partial charge in [0, 0.05) is 44.0 Å². The molecule has 2 aromatic heterocycles. The summed E-state index contributed by atoms with van der Waals surface area (Å²) in [4.78, 5) is 21.7. The fraction of sp³-hybridized carbons (Fsp3) is 0.579. The molecular weight excluding hydrogens is 300 g/mol. The van der Waals surface area contributed by atoms with Crippen LogP contribution in [-0.2, 0) is 11.3 Å². The lowest BCUT2D eigenvalue weighted by atomic mass is 10.0. The molecule has 5 heteroatoms. The van der Waals surface area contributed by atoms with E-state index < -0.39 is 0 Å². The molecule has 1 amide bonds. The average Bonchev–Trinajstić information content (AvgIpc) is 3.32. The van der Waals surface area contributed by atoms with Crippen molar-refractivity contribution in [3.8, 4) is 0 Å². The first-order valence-corrected chi connectivity index (χ1v) is 9.22. The Morgan fingerprint density at radius 3 is 2.88 bits per heavy atom. The molecule has 2 saturated heterocycles. The maximum Gasteiger partial charge on any atom is 0.222 e. The third-order valence-corrected chi connectivity index (χ3v) is 5.56. The summed E-state index contributed by atoms with van der Waals surface area (Å²) in [6, 6.07) is 7.00. The topological polar surface area (TPSA) is 40.9 Å². The van der Waals surface area contributed by atoms with Crippen LogP contribution >= 0.6 is 0 Å². The van der Waals surface area contributed by atoms with E-state index in [1.807, 2.05) is 31.3 Å². The number of carbonyl (C=O) groups is 1. The van der Waals surface area contributed by atoms with Crippen LogP contribution in [0.1, 0.15) is 44.7 Å². The van der Waals surface area contributed by atoms with Crippen molar-refractivity contribution in [2.75, 3.05) is 13.1 Å². The highest BCUT2D eigenvalue weighted by molar-refractivity contribution is 5.76. The number of hydrogen-bond acceptors (Lipinski definition) is 3. The van der Waals surface area contributed by atoms with Gasteiger partial charge in [-0.1, -0.05) is 13.0 Å². The second kappa shape index (κ2) is 6.55. The second-order valence-electron chi connectivity index (χ2n) is 7.03. The van der Waals surface area contributed by atoms with Crippen molar-refractivity contribution in [2.45, 2.75) is 57.7 Å². The predicted molar refractivity (Wildman–Crippen MR) is 93.7 cm³/mol. The van der Waals surface area contributed by atoms with Crippen LogP contribution < -0.4 is 0 Å². The fourth-order valence-electron chi connectivity index (χ4n) is 4.46. The van der Waals surface area contributed by atoms with E-state index >= 15 is 0 Å². The summed E-state index contributed by atoms with van der Waals surface area (Å²) < 4.78 is 2.09. The molecule has 0 spiro atoms. The van der Waals surface area contributed by atoms with Crippen LogP contribution in [0, 0.1) is 0 Å². The molecule has 0 bridgehead atoms. The Labute approximate surface area is 143 Å². The summed E-state index contributed by atoms with van der Waals surface area (Å²) in [7, 11) is 0. The molecule has 24 heavy (non-hydrogen) atoms. The predicted octanol–water partition coefficient (Wildman–Crippen LogP) is 2.70. The van der Waals surface area contributed by atoms with Gasteiger partial charge in [0.25, 0.3) is 0 Å². The SMILES string of the molecule is CCC(=O)N1CCC[C@@H]1[C@H]1CCCN1Cc1cn2ccccc2n1. The number of amides is 1. The molecule has 2 aliphatic heterocycles. The van der Waals surface area contributed by atoms with Crippen LogP contribution in [0.15, 0.2) is 30.6 Å². The third-order valence-electron chi connectivity index (χ3n) is 5.56. The number of aromatic nitrogens is 2. The lowest BCUT2D eigenvalue weighted by Crippen LogP contribution is -2.47. The Kier molecular flexibility index (Phi) is 4.27. The van der Waals surface area contributed by atoms with Crippen molar-refractivity contribution in [1.82, 2.24) is 19.2 Å². The van der Waals surface area contributed by atoms with Gasteiger partial charge in [0.05, 0.1) is 5.69 Å². The largest absolute Gasteiger partial charge is 0.338 e. The van der Waals surface area contributed by atoms with Crippen molar-refractivity contribution in [3.05, 3.63) is 36.3 Å². The van der Waals surface area contributed by atoms with Gasteiger partial charge in [-0.2, -0.15) is 0 Å². The standard InChI is InChI=1S/C19H26N4O/c1-2-19(24)23-12-6-8-17(23)16-7-5-11-21(16)13-15-14-22-10-4-3-9-18(22)20-15/h3-4,9-10,14,16-17H,2,5-8,11-13H2,1H3/t16-,17-/m1/s1. The third kappa shape index (κ3) is 2.81. The molecule has 0 aliphatic carbocycles. The minimum Gasteiger partial charge on any atom is -0.338 e. The summed E-state index contributed by atoms with van der Waals surface area (Å²) in [5.41, 5.74) is 2.13. The molecule has 2 atom stereocenters. The first-order valence-electron chi connectivity index (χ1n) is 9.22. The number of nitrogens with zero attached hydrogens (tertiary/aromatic N) is 4. The van der Waals surface area contributed by atoms with Gasteiger partial charge in [-0.15, -0.1) is 0 Å². The summed E-state index contributed by atoms with van der Waals surface area (Å²) in [6.07, 6.45) is 9.53. The first kappa shape index (κ1) is 15.6. The number of carbonyl (C=O) groups excluding carboxylic acids is 1. The van der Waals surface area contributed by atoms with E-state index in [0.717, 1.165) is 43.8 Å². The van der Waals surface area contributed by atoms with Crippen LogP contribution in [-0.4, -0.2) is 50.3 Å². The minimum absolute atomic E-state index is 0.317. The van der Waals surface area contributed by atoms with E-state index in [1.165, 1.54) is 12.8 Å². The van der Waals surface area contributed by atoms with Gasteiger partial charge < -0.3 is 9.30 Å². The molecule has 0 radical (unpaired) electrons. The zero-order chi connectivity index (χ0) is 16.5. The van der Waals surface area contributed by atoms with Crippen molar-refractivity contribution in [1.29, 1.82) is 0 Å². The Hall–Kier alpha value is -1.88. The molecule has 2 fully saturated rings. The number of rotatable bonds is 4. The first-order chi connectivity index (χ1) is 11.8. The maximum atomic E-state index is 12.3. The summed E-state index contributed by atoms with van der Waals surface area (Å²) in [5.74, 6) is 0.317. The van der Waals surface area contributed by atoms with Crippen LogP contribution in [0.25, 0.3) is 5.65 Å². The van der Waals surface area contributed by atoms with E-state index in [4.69, 9.17) is 4.98 Å². The molecule has 4 rings (SSSR count). The van der Waals surface area contributed by atoms with Crippen LogP contribution in [0.2, 0.25) is 0 Å². The fourth-order valence-corrected chi connectivity index (χ4v) is 4.46. The zero-order valence-corrected chi connectivity index (χ0v) is 14.4. The van der Waals surface area contributed by atoms with Gasteiger partial charge in [-0.3, -0.25) is 9.69 Å². The van der Waals surface area contributed by atoms with Gasteiger partial charge in [0.2, 0.25) is 5.91 Å². The van der Waals surface area contributed by atoms with Gasteiger partial charge in [-0.25, -0.2) is 4.98 Å². The summed E-state index contributed by atoms with van der Waals surface area (Å²) >= 11 is 0. The molecule has 5 nitrogen and oxygen atoms in total. The molecule has 0 unspecified atom stereocenters. The Morgan fingerprint density at radius 2 is 2.04 bits per heavy atom. The van der Waals surface area contributed by atoms with Crippen molar-refractivity contribution < 1.29 is 4.79 Å². The highest BCUT2D eigenvalue weighted by atomic mass is 16.2. The van der Waals surface area contributed by atoms with E-state index in [-0.39, 0.29) is 0 Å². The summed E-state index contributed by atoms with van der Waals surface area (Å²) in [6.45, 7) is 4.91. The number of hydrogen-bond donors (Lipinski definition) is 0. The minimum atomic E-state index is 0.317. The number of likely N-dealkylation sites (tertiary alicyclic amines) is 2. The normalized spacial score (nSPS) is 25.0. The second-order valence-corrected chi connectivity index (χ2v) is 7.03. The molecular formula is C19H26N4O. The van der Waals surface area contributed by atoms with Crippen LogP contribution in [0.3, 0.4) is 0 Å². The molecule has 128 valence electrons. The molecule has 2 aromatic rings. The number of fused-ring (bicyclic) bond motifs is 1. The lowest BCUT2D eigenvalue weighted by Gasteiger charge is -2.34. The van der Waals surface area contributed by atoms with Crippen molar-refractivity contribution in [2.24, 2.45) is 0 Å². The van der Waals surface area contributed by atoms with Crippen molar-refractivity contribution >= 4 is 11.6 Å². The van der Waals surface area contributed by atoms with E-state index in [0.29, 0.717) is 24.4 Å². The quantitative estimate of drug-likeness (QED) is 0.867. The Bertz CT molecular complexity index is 692. The van der Waals surface area contributed by atoms with Gasteiger partial charge in [0.1, 0.15) is 5.65 Å². The van der Waals surface area contributed by atoms with E-state index in [1.54, 1.807) is 0 Å². The number of pyridine rings is 1. The average molecular weight is 326 g/mol. The van der Waals surface area contributed by atoms with Crippen molar-refractivity contribution in [3.63, 3.8) is 0 Å². The molecule has 4 heterocycles. The highest BCUT2D eigenvalue weighted by Gasteiger charge is 2.39. The Balaban J connectivity index is 1.51. The molecule has 0 saturated carbocycles.